The summed E-state index contributed by atoms with van der Waals surface area (Å²) >= 11 is 3.22. The normalized spacial score (nSPS) is 20.1. The topological polar surface area (TPSA) is 41.1 Å². The van der Waals surface area contributed by atoms with Crippen LogP contribution >= 0.6 is 15.9 Å². The fourth-order valence-corrected chi connectivity index (χ4v) is 2.16. The van der Waals surface area contributed by atoms with Gasteiger partial charge in [0.15, 0.2) is 0 Å². The van der Waals surface area contributed by atoms with Gasteiger partial charge < -0.3 is 10.6 Å². The van der Waals surface area contributed by atoms with Gasteiger partial charge in [-0.3, -0.25) is 4.79 Å². The Morgan fingerprint density at radius 1 is 1.53 bits per heavy atom. The SMILES string of the molecule is O=C1CCC(NCc2ccc(Br)cc2F)CN1. The molecule has 92 valence electrons. The minimum Gasteiger partial charge on any atom is -0.355 e. The van der Waals surface area contributed by atoms with E-state index in [0.717, 1.165) is 10.9 Å². The third-order valence-electron chi connectivity index (χ3n) is 2.86. The van der Waals surface area contributed by atoms with E-state index >= 15 is 0 Å². The Kier molecular flexibility index (Phi) is 4.12. The maximum Gasteiger partial charge on any atom is 0.220 e. The maximum atomic E-state index is 13.5. The van der Waals surface area contributed by atoms with Crippen molar-refractivity contribution < 1.29 is 9.18 Å². The fourth-order valence-electron chi connectivity index (χ4n) is 1.83. The van der Waals surface area contributed by atoms with Crippen LogP contribution in [-0.2, 0) is 11.3 Å². The van der Waals surface area contributed by atoms with Gasteiger partial charge in [0.25, 0.3) is 0 Å². The second-order valence-corrected chi connectivity index (χ2v) is 5.07. The standard InChI is InChI=1S/C12H14BrFN2O/c13-9-2-1-8(11(14)5-9)6-15-10-3-4-12(17)16-7-10/h1-2,5,10,15H,3-4,6-7H2,(H,16,17). The lowest BCUT2D eigenvalue weighted by molar-refractivity contribution is -0.122. The van der Waals surface area contributed by atoms with Crippen LogP contribution in [0, 0.1) is 5.82 Å². The lowest BCUT2D eigenvalue weighted by atomic mass is 10.1. The van der Waals surface area contributed by atoms with E-state index in [4.69, 9.17) is 0 Å². The van der Waals surface area contributed by atoms with Gasteiger partial charge in [-0.15, -0.1) is 0 Å². The zero-order valence-corrected chi connectivity index (χ0v) is 10.9. The number of carbonyl (C=O) groups is 1. The summed E-state index contributed by atoms with van der Waals surface area (Å²) in [6.45, 7) is 1.11. The Morgan fingerprint density at radius 2 is 2.35 bits per heavy atom. The molecule has 0 aromatic heterocycles. The third kappa shape index (κ3) is 3.51. The average Bonchev–Trinajstić information content (AvgIpc) is 2.30. The quantitative estimate of drug-likeness (QED) is 0.896. The summed E-state index contributed by atoms with van der Waals surface area (Å²) in [7, 11) is 0. The zero-order valence-electron chi connectivity index (χ0n) is 9.30. The molecule has 0 saturated carbocycles. The summed E-state index contributed by atoms with van der Waals surface area (Å²) < 4.78 is 14.3. The summed E-state index contributed by atoms with van der Waals surface area (Å²) in [6.07, 6.45) is 1.35. The van der Waals surface area contributed by atoms with Crippen molar-refractivity contribution in [1.29, 1.82) is 0 Å². The largest absolute Gasteiger partial charge is 0.355 e. The molecule has 2 rings (SSSR count). The molecular formula is C12H14BrFN2O. The van der Waals surface area contributed by atoms with E-state index in [0.29, 0.717) is 25.1 Å². The maximum absolute atomic E-state index is 13.5. The van der Waals surface area contributed by atoms with Crippen molar-refractivity contribution in [3.63, 3.8) is 0 Å². The van der Waals surface area contributed by atoms with Gasteiger partial charge in [0.1, 0.15) is 5.82 Å². The highest BCUT2D eigenvalue weighted by atomic mass is 79.9. The molecule has 5 heteroatoms. The molecule has 1 heterocycles. The Morgan fingerprint density at radius 3 is 3.00 bits per heavy atom. The van der Waals surface area contributed by atoms with E-state index in [9.17, 15) is 9.18 Å². The van der Waals surface area contributed by atoms with Crippen LogP contribution in [0.3, 0.4) is 0 Å². The van der Waals surface area contributed by atoms with Crippen LogP contribution < -0.4 is 10.6 Å². The Balaban J connectivity index is 1.87. The summed E-state index contributed by atoms with van der Waals surface area (Å²) in [5.74, 6) is -0.121. The molecule has 3 nitrogen and oxygen atoms in total. The van der Waals surface area contributed by atoms with E-state index in [2.05, 4.69) is 26.6 Å². The molecule has 1 aromatic rings. The van der Waals surface area contributed by atoms with Crippen molar-refractivity contribution in [2.24, 2.45) is 0 Å². The molecule has 1 aromatic carbocycles. The number of hydrogen-bond donors (Lipinski definition) is 2. The van der Waals surface area contributed by atoms with E-state index in [-0.39, 0.29) is 17.8 Å². The second kappa shape index (κ2) is 5.60. The number of hydrogen-bond acceptors (Lipinski definition) is 2. The molecule has 1 unspecified atom stereocenters. The molecule has 0 bridgehead atoms. The van der Waals surface area contributed by atoms with Gasteiger partial charge in [0.2, 0.25) is 5.91 Å². The van der Waals surface area contributed by atoms with E-state index in [1.165, 1.54) is 6.07 Å². The smallest absolute Gasteiger partial charge is 0.220 e. The molecule has 1 aliphatic rings. The molecule has 1 atom stereocenters. The highest BCUT2D eigenvalue weighted by molar-refractivity contribution is 9.10. The van der Waals surface area contributed by atoms with Crippen molar-refractivity contribution in [1.82, 2.24) is 10.6 Å². The highest BCUT2D eigenvalue weighted by Crippen LogP contribution is 2.15. The summed E-state index contributed by atoms with van der Waals surface area (Å²) in [5, 5.41) is 6.04. The van der Waals surface area contributed by atoms with Crippen LogP contribution in [0.1, 0.15) is 18.4 Å². The Bertz CT molecular complexity index is 415. The van der Waals surface area contributed by atoms with Crippen LogP contribution in [0.2, 0.25) is 0 Å². The molecule has 1 saturated heterocycles. The van der Waals surface area contributed by atoms with Gasteiger partial charge in [-0.2, -0.15) is 0 Å². The predicted octanol–water partition coefficient (Wildman–Crippen LogP) is 1.96. The third-order valence-corrected chi connectivity index (χ3v) is 3.36. The number of halogens is 2. The van der Waals surface area contributed by atoms with Gasteiger partial charge in [-0.1, -0.05) is 22.0 Å². The van der Waals surface area contributed by atoms with Crippen LogP contribution in [-0.4, -0.2) is 18.5 Å². The van der Waals surface area contributed by atoms with Crippen molar-refractivity contribution in [2.75, 3.05) is 6.54 Å². The van der Waals surface area contributed by atoms with Crippen LogP contribution in [0.25, 0.3) is 0 Å². The number of carbonyl (C=O) groups excluding carboxylic acids is 1. The van der Waals surface area contributed by atoms with Gasteiger partial charge in [0, 0.05) is 35.6 Å². The Labute approximate surface area is 108 Å². The molecule has 1 aliphatic heterocycles. The van der Waals surface area contributed by atoms with Crippen molar-refractivity contribution in [3.05, 3.63) is 34.1 Å². The molecule has 0 aliphatic carbocycles. The van der Waals surface area contributed by atoms with Crippen molar-refractivity contribution in [3.8, 4) is 0 Å². The van der Waals surface area contributed by atoms with Crippen molar-refractivity contribution >= 4 is 21.8 Å². The minimum absolute atomic E-state index is 0.0953. The molecule has 2 N–H and O–H groups in total. The first kappa shape index (κ1) is 12.5. The van der Waals surface area contributed by atoms with E-state index < -0.39 is 0 Å². The molecule has 1 amide bonds. The van der Waals surface area contributed by atoms with Crippen molar-refractivity contribution in [2.45, 2.75) is 25.4 Å². The van der Waals surface area contributed by atoms with Gasteiger partial charge in [-0.05, 0) is 18.6 Å². The number of piperidine rings is 1. The fraction of sp³-hybridized carbons (Fsp3) is 0.417. The first-order valence-electron chi connectivity index (χ1n) is 5.59. The minimum atomic E-state index is -0.216. The summed E-state index contributed by atoms with van der Waals surface area (Å²) in [4.78, 5) is 11.0. The summed E-state index contributed by atoms with van der Waals surface area (Å²) in [6, 6.07) is 5.27. The molecule has 17 heavy (non-hydrogen) atoms. The molecular weight excluding hydrogens is 287 g/mol. The number of rotatable bonds is 3. The first-order chi connectivity index (χ1) is 8.15. The highest BCUT2D eigenvalue weighted by Gasteiger charge is 2.17. The van der Waals surface area contributed by atoms with Crippen LogP contribution in [0.5, 0.6) is 0 Å². The van der Waals surface area contributed by atoms with E-state index in [1.807, 2.05) is 6.07 Å². The Hall–Kier alpha value is -0.940. The number of benzene rings is 1. The average molecular weight is 301 g/mol. The lowest BCUT2D eigenvalue weighted by Crippen LogP contribution is -2.45. The predicted molar refractivity (Wildman–Crippen MR) is 67.0 cm³/mol. The van der Waals surface area contributed by atoms with Gasteiger partial charge in [0.05, 0.1) is 0 Å². The molecule has 0 radical (unpaired) electrons. The van der Waals surface area contributed by atoms with Crippen LogP contribution in [0.4, 0.5) is 4.39 Å². The lowest BCUT2D eigenvalue weighted by Gasteiger charge is -2.23. The number of amides is 1. The second-order valence-electron chi connectivity index (χ2n) is 4.16. The van der Waals surface area contributed by atoms with E-state index in [1.54, 1.807) is 6.07 Å². The van der Waals surface area contributed by atoms with Gasteiger partial charge in [-0.25, -0.2) is 4.39 Å². The monoisotopic (exact) mass is 300 g/mol. The first-order valence-corrected chi connectivity index (χ1v) is 6.38. The zero-order chi connectivity index (χ0) is 12.3. The van der Waals surface area contributed by atoms with Crippen LogP contribution in [0.15, 0.2) is 22.7 Å². The van der Waals surface area contributed by atoms with Gasteiger partial charge >= 0.3 is 0 Å². The molecule has 0 spiro atoms. The molecule has 1 fully saturated rings. The summed E-state index contributed by atoms with van der Waals surface area (Å²) in [5.41, 5.74) is 0.644. The number of nitrogens with one attached hydrogen (secondary N) is 2.